The second-order valence-corrected chi connectivity index (χ2v) is 5.35. The Morgan fingerprint density at radius 2 is 2.19 bits per heavy atom. The lowest BCUT2D eigenvalue weighted by Gasteiger charge is -2.10. The zero-order valence-corrected chi connectivity index (χ0v) is 13.6. The van der Waals surface area contributed by atoms with Gasteiger partial charge in [-0.2, -0.15) is 5.10 Å². The van der Waals surface area contributed by atoms with Crippen LogP contribution in [0.15, 0.2) is 30.6 Å². The van der Waals surface area contributed by atoms with Crippen molar-refractivity contribution in [3.63, 3.8) is 0 Å². The van der Waals surface area contributed by atoms with Crippen LogP contribution < -0.4 is 10.6 Å². The highest BCUT2D eigenvalue weighted by molar-refractivity contribution is 7.80. The summed E-state index contributed by atoms with van der Waals surface area (Å²) in [6, 6.07) is 5.14. The molecule has 0 radical (unpaired) electrons. The molecule has 0 saturated heterocycles. The molecule has 1 aromatic carbocycles. The quantitative estimate of drug-likeness (QED) is 0.803. The third-order valence-electron chi connectivity index (χ3n) is 2.50. The smallest absolute Gasteiger partial charge is 0.175 e. The molecule has 21 heavy (non-hydrogen) atoms. The summed E-state index contributed by atoms with van der Waals surface area (Å²) in [6.45, 7) is 2.97. The molecule has 0 amide bonds. The monoisotopic (exact) mass is 344 g/mol. The third kappa shape index (κ3) is 4.86. The summed E-state index contributed by atoms with van der Waals surface area (Å²) in [5.41, 5.74) is 1.44. The zero-order chi connectivity index (χ0) is 15.2. The van der Waals surface area contributed by atoms with Crippen LogP contribution in [-0.4, -0.2) is 21.5 Å². The molecule has 2 N–H and O–H groups in total. The molecule has 8 heteroatoms. The van der Waals surface area contributed by atoms with Gasteiger partial charge in [-0.1, -0.05) is 23.2 Å². The maximum absolute atomic E-state index is 6.07. The van der Waals surface area contributed by atoms with E-state index in [4.69, 9.17) is 40.2 Å². The van der Waals surface area contributed by atoms with Gasteiger partial charge >= 0.3 is 0 Å². The molecule has 0 fully saturated rings. The average Bonchev–Trinajstić information content (AvgIpc) is 2.87. The van der Waals surface area contributed by atoms with Crippen LogP contribution in [0.4, 0.5) is 11.4 Å². The van der Waals surface area contributed by atoms with Crippen LogP contribution in [0.5, 0.6) is 0 Å². The number of hydrogen-bond donors (Lipinski definition) is 2. The fourth-order valence-electron chi connectivity index (χ4n) is 1.56. The SMILES string of the molecule is CCOCn1cc(NC(=S)Nc2ccc(Cl)cc2Cl)cn1. The Labute approximate surface area is 138 Å². The van der Waals surface area contributed by atoms with Crippen LogP contribution in [0.25, 0.3) is 0 Å². The van der Waals surface area contributed by atoms with Crippen molar-refractivity contribution in [1.29, 1.82) is 0 Å². The van der Waals surface area contributed by atoms with Crippen molar-refractivity contribution in [1.82, 2.24) is 9.78 Å². The number of benzene rings is 1. The summed E-state index contributed by atoms with van der Waals surface area (Å²) >= 11 is 17.1. The average molecular weight is 345 g/mol. The van der Waals surface area contributed by atoms with Crippen molar-refractivity contribution in [3.05, 3.63) is 40.6 Å². The minimum atomic E-state index is 0.404. The first-order valence-corrected chi connectivity index (χ1v) is 7.38. The highest BCUT2D eigenvalue weighted by atomic mass is 35.5. The number of halogens is 2. The fourth-order valence-corrected chi connectivity index (χ4v) is 2.24. The Balaban J connectivity index is 1.93. The molecule has 0 bridgehead atoms. The molecule has 0 aliphatic heterocycles. The lowest BCUT2D eigenvalue weighted by molar-refractivity contribution is 0.0792. The molecule has 0 aliphatic carbocycles. The molecule has 1 heterocycles. The van der Waals surface area contributed by atoms with Crippen LogP contribution in [-0.2, 0) is 11.5 Å². The van der Waals surface area contributed by atoms with Crippen LogP contribution in [0.2, 0.25) is 10.0 Å². The third-order valence-corrected chi connectivity index (χ3v) is 3.25. The Hall–Kier alpha value is -1.34. The molecule has 1 aromatic heterocycles. The first-order valence-electron chi connectivity index (χ1n) is 6.21. The van der Waals surface area contributed by atoms with Crippen molar-refractivity contribution >= 4 is 51.9 Å². The highest BCUT2D eigenvalue weighted by Gasteiger charge is 2.05. The number of hydrogen-bond acceptors (Lipinski definition) is 3. The van der Waals surface area contributed by atoms with Crippen molar-refractivity contribution in [2.24, 2.45) is 0 Å². The Bertz CT molecular complexity index is 632. The van der Waals surface area contributed by atoms with Gasteiger partial charge in [-0.3, -0.25) is 0 Å². The first kappa shape index (κ1) is 16.0. The van der Waals surface area contributed by atoms with Gasteiger partial charge in [0.25, 0.3) is 0 Å². The normalized spacial score (nSPS) is 10.4. The van der Waals surface area contributed by atoms with Gasteiger partial charge in [0.05, 0.1) is 28.8 Å². The van der Waals surface area contributed by atoms with E-state index < -0.39 is 0 Å². The van der Waals surface area contributed by atoms with Gasteiger partial charge in [-0.25, -0.2) is 4.68 Å². The van der Waals surface area contributed by atoms with Crippen LogP contribution in [0, 0.1) is 0 Å². The topological polar surface area (TPSA) is 51.1 Å². The van der Waals surface area contributed by atoms with Gasteiger partial charge in [-0.05, 0) is 37.3 Å². The van der Waals surface area contributed by atoms with E-state index in [1.807, 2.05) is 6.92 Å². The van der Waals surface area contributed by atoms with Crippen molar-refractivity contribution in [3.8, 4) is 0 Å². The molecule has 2 rings (SSSR count). The number of nitrogens with one attached hydrogen (secondary N) is 2. The zero-order valence-electron chi connectivity index (χ0n) is 11.3. The number of aromatic nitrogens is 2. The fraction of sp³-hybridized carbons (Fsp3) is 0.231. The molecule has 0 atom stereocenters. The Morgan fingerprint density at radius 1 is 1.38 bits per heavy atom. The molecule has 0 unspecified atom stereocenters. The van der Waals surface area contributed by atoms with Gasteiger partial charge in [0.2, 0.25) is 0 Å². The maximum Gasteiger partial charge on any atom is 0.175 e. The molecular formula is C13H14Cl2N4OS. The van der Waals surface area contributed by atoms with Crippen molar-refractivity contribution < 1.29 is 4.74 Å². The number of nitrogens with zero attached hydrogens (tertiary/aromatic N) is 2. The van der Waals surface area contributed by atoms with E-state index in [-0.39, 0.29) is 0 Å². The molecular weight excluding hydrogens is 331 g/mol. The molecule has 112 valence electrons. The summed E-state index contributed by atoms with van der Waals surface area (Å²) < 4.78 is 6.93. The van der Waals surface area contributed by atoms with Crippen molar-refractivity contribution in [2.45, 2.75) is 13.7 Å². The van der Waals surface area contributed by atoms with Crippen LogP contribution >= 0.6 is 35.4 Å². The lowest BCUT2D eigenvalue weighted by Crippen LogP contribution is -2.19. The lowest BCUT2D eigenvalue weighted by atomic mass is 10.3. The van der Waals surface area contributed by atoms with E-state index in [0.29, 0.717) is 34.2 Å². The van der Waals surface area contributed by atoms with E-state index >= 15 is 0 Å². The van der Waals surface area contributed by atoms with Crippen molar-refractivity contribution in [2.75, 3.05) is 17.2 Å². The number of anilines is 2. The van der Waals surface area contributed by atoms with E-state index in [2.05, 4.69) is 15.7 Å². The second kappa shape index (κ2) is 7.61. The van der Waals surface area contributed by atoms with Gasteiger partial charge < -0.3 is 15.4 Å². The van der Waals surface area contributed by atoms with E-state index in [9.17, 15) is 0 Å². The van der Waals surface area contributed by atoms with Crippen LogP contribution in [0.1, 0.15) is 6.92 Å². The van der Waals surface area contributed by atoms with E-state index in [1.165, 1.54) is 0 Å². The Kier molecular flexibility index (Phi) is 5.81. The second-order valence-electron chi connectivity index (χ2n) is 4.09. The summed E-state index contributed by atoms with van der Waals surface area (Å²) in [6.07, 6.45) is 3.46. The van der Waals surface area contributed by atoms with Crippen LogP contribution in [0.3, 0.4) is 0 Å². The molecule has 0 saturated carbocycles. The van der Waals surface area contributed by atoms with E-state index in [1.54, 1.807) is 35.3 Å². The molecule has 5 nitrogen and oxygen atoms in total. The summed E-state index contributed by atoms with van der Waals surface area (Å²) in [4.78, 5) is 0. The molecule has 0 spiro atoms. The minimum Gasteiger partial charge on any atom is -0.360 e. The molecule has 2 aromatic rings. The maximum atomic E-state index is 6.07. The Morgan fingerprint density at radius 3 is 2.90 bits per heavy atom. The summed E-state index contributed by atoms with van der Waals surface area (Å²) in [5, 5.41) is 11.6. The molecule has 0 aliphatic rings. The summed E-state index contributed by atoms with van der Waals surface area (Å²) in [7, 11) is 0. The summed E-state index contributed by atoms with van der Waals surface area (Å²) in [5.74, 6) is 0. The van der Waals surface area contributed by atoms with E-state index in [0.717, 1.165) is 5.69 Å². The largest absolute Gasteiger partial charge is 0.360 e. The number of ether oxygens (including phenoxy) is 1. The number of rotatable bonds is 5. The highest BCUT2D eigenvalue weighted by Crippen LogP contribution is 2.25. The van der Waals surface area contributed by atoms with Gasteiger partial charge in [0, 0.05) is 11.6 Å². The number of thiocarbonyl (C=S) groups is 1. The minimum absolute atomic E-state index is 0.404. The first-order chi connectivity index (χ1) is 10.1. The van der Waals surface area contributed by atoms with Gasteiger partial charge in [0.1, 0.15) is 6.73 Å². The van der Waals surface area contributed by atoms with Gasteiger partial charge in [-0.15, -0.1) is 0 Å². The predicted molar refractivity (Wildman–Crippen MR) is 90.2 cm³/mol. The predicted octanol–water partition coefficient (Wildman–Crippen LogP) is 3.99. The standard InChI is InChI=1S/C13H14Cl2N4OS/c1-2-20-8-19-7-10(6-16-19)17-13(21)18-12-4-3-9(14)5-11(12)15/h3-7H,2,8H2,1H3,(H2,17,18,21). The van der Waals surface area contributed by atoms with Gasteiger partial charge in [0.15, 0.2) is 5.11 Å².